The van der Waals surface area contributed by atoms with E-state index >= 15 is 0 Å². The van der Waals surface area contributed by atoms with E-state index in [1.54, 1.807) is 17.3 Å². The summed E-state index contributed by atoms with van der Waals surface area (Å²) in [5, 5.41) is 7.43. The van der Waals surface area contributed by atoms with Crippen molar-refractivity contribution >= 4 is 5.84 Å². The van der Waals surface area contributed by atoms with Gasteiger partial charge < -0.3 is 9.88 Å². The van der Waals surface area contributed by atoms with Gasteiger partial charge in [0.25, 0.3) is 0 Å². The van der Waals surface area contributed by atoms with Gasteiger partial charge in [-0.1, -0.05) is 0 Å². The van der Waals surface area contributed by atoms with Crippen molar-refractivity contribution in [2.75, 3.05) is 14.1 Å². The maximum atomic E-state index is 7.43. The number of aromatic nitrogens is 2. The zero-order chi connectivity index (χ0) is 7.56. The van der Waals surface area contributed by atoms with E-state index < -0.39 is 0 Å². The van der Waals surface area contributed by atoms with E-state index in [1.807, 2.05) is 14.1 Å². The van der Waals surface area contributed by atoms with E-state index in [4.69, 9.17) is 5.41 Å². The summed E-state index contributed by atoms with van der Waals surface area (Å²) in [5.41, 5.74) is 0. The first-order chi connectivity index (χ1) is 4.72. The third-order valence-electron chi connectivity index (χ3n) is 1.17. The van der Waals surface area contributed by atoms with Crippen LogP contribution in [0, 0.1) is 5.41 Å². The zero-order valence-corrected chi connectivity index (χ0v) is 6.05. The van der Waals surface area contributed by atoms with Crippen LogP contribution in [0.1, 0.15) is 5.82 Å². The molecular formula is C6H10N4. The van der Waals surface area contributed by atoms with Crippen molar-refractivity contribution in [3.63, 3.8) is 0 Å². The number of rotatable bonds is 1. The predicted molar refractivity (Wildman–Crippen MR) is 39.1 cm³/mol. The van der Waals surface area contributed by atoms with E-state index in [0.29, 0.717) is 11.7 Å². The van der Waals surface area contributed by atoms with Crippen molar-refractivity contribution < 1.29 is 0 Å². The van der Waals surface area contributed by atoms with Crippen LogP contribution in [0.15, 0.2) is 12.4 Å². The molecule has 4 heteroatoms. The van der Waals surface area contributed by atoms with Crippen LogP contribution in [0.25, 0.3) is 0 Å². The second-order valence-corrected chi connectivity index (χ2v) is 2.18. The minimum atomic E-state index is 0.394. The van der Waals surface area contributed by atoms with Crippen molar-refractivity contribution in [1.29, 1.82) is 5.41 Å². The van der Waals surface area contributed by atoms with Crippen LogP contribution in [-0.2, 0) is 0 Å². The summed E-state index contributed by atoms with van der Waals surface area (Å²) in [7, 11) is 3.62. The highest BCUT2D eigenvalue weighted by molar-refractivity contribution is 5.92. The summed E-state index contributed by atoms with van der Waals surface area (Å²) in [6.45, 7) is 0. The molecule has 0 saturated heterocycles. The number of amidine groups is 1. The number of imidazole rings is 1. The molecule has 0 aliphatic rings. The molecule has 0 unspecified atom stereocenters. The summed E-state index contributed by atoms with van der Waals surface area (Å²) < 4.78 is 0. The minimum absolute atomic E-state index is 0.394. The molecule has 0 bridgehead atoms. The van der Waals surface area contributed by atoms with Crippen molar-refractivity contribution in [3.05, 3.63) is 18.2 Å². The van der Waals surface area contributed by atoms with Crippen LogP contribution >= 0.6 is 0 Å². The van der Waals surface area contributed by atoms with Gasteiger partial charge in [-0.15, -0.1) is 0 Å². The molecule has 1 aromatic rings. The maximum Gasteiger partial charge on any atom is 0.172 e. The van der Waals surface area contributed by atoms with E-state index in [0.717, 1.165) is 0 Å². The first-order valence-corrected chi connectivity index (χ1v) is 2.97. The van der Waals surface area contributed by atoms with E-state index in [-0.39, 0.29) is 0 Å². The van der Waals surface area contributed by atoms with Gasteiger partial charge in [0.15, 0.2) is 11.7 Å². The normalized spacial score (nSPS) is 9.40. The fourth-order valence-electron chi connectivity index (χ4n) is 0.607. The van der Waals surface area contributed by atoms with Gasteiger partial charge in [-0.2, -0.15) is 0 Å². The molecule has 0 aliphatic heterocycles. The highest BCUT2D eigenvalue weighted by Crippen LogP contribution is 1.91. The highest BCUT2D eigenvalue weighted by Gasteiger charge is 2.03. The van der Waals surface area contributed by atoms with Gasteiger partial charge in [-0.05, 0) is 0 Å². The second kappa shape index (κ2) is 2.51. The standard InChI is InChI=1S/C6H10N4/c1-10(2)5(7)6-8-3-4-9-6/h3-4,7H,1-2H3,(H,8,9). The summed E-state index contributed by atoms with van der Waals surface area (Å²) in [4.78, 5) is 8.45. The second-order valence-electron chi connectivity index (χ2n) is 2.18. The van der Waals surface area contributed by atoms with Crippen molar-refractivity contribution in [1.82, 2.24) is 14.9 Å². The number of H-pyrrole nitrogens is 1. The molecule has 1 aromatic heterocycles. The fourth-order valence-corrected chi connectivity index (χ4v) is 0.607. The molecular weight excluding hydrogens is 128 g/mol. The van der Waals surface area contributed by atoms with Crippen LogP contribution in [-0.4, -0.2) is 34.8 Å². The number of aromatic amines is 1. The summed E-state index contributed by atoms with van der Waals surface area (Å²) >= 11 is 0. The Kier molecular flexibility index (Phi) is 1.71. The van der Waals surface area contributed by atoms with Crippen LogP contribution in [0.4, 0.5) is 0 Å². The van der Waals surface area contributed by atoms with Gasteiger partial charge >= 0.3 is 0 Å². The van der Waals surface area contributed by atoms with Crippen LogP contribution in [0.2, 0.25) is 0 Å². The van der Waals surface area contributed by atoms with Gasteiger partial charge in [0.1, 0.15) is 0 Å². The van der Waals surface area contributed by atoms with Crippen molar-refractivity contribution in [3.8, 4) is 0 Å². The molecule has 0 atom stereocenters. The van der Waals surface area contributed by atoms with Gasteiger partial charge in [0.2, 0.25) is 0 Å². The lowest BCUT2D eigenvalue weighted by molar-refractivity contribution is 0.614. The Labute approximate surface area is 59.4 Å². The van der Waals surface area contributed by atoms with Crippen molar-refractivity contribution in [2.24, 2.45) is 0 Å². The lowest BCUT2D eigenvalue weighted by Crippen LogP contribution is -2.22. The molecule has 0 saturated carbocycles. The van der Waals surface area contributed by atoms with Gasteiger partial charge in [-0.25, -0.2) is 4.98 Å². The molecule has 1 rings (SSSR count). The van der Waals surface area contributed by atoms with Crippen LogP contribution in [0.5, 0.6) is 0 Å². The predicted octanol–water partition coefficient (Wildman–Crippen LogP) is 0.297. The Morgan fingerprint density at radius 2 is 2.40 bits per heavy atom. The van der Waals surface area contributed by atoms with Gasteiger partial charge in [-0.3, -0.25) is 5.41 Å². The summed E-state index contributed by atoms with van der Waals surface area (Å²) in [6, 6.07) is 0. The molecule has 10 heavy (non-hydrogen) atoms. The van der Waals surface area contributed by atoms with Crippen molar-refractivity contribution in [2.45, 2.75) is 0 Å². The first kappa shape index (κ1) is 6.80. The smallest absolute Gasteiger partial charge is 0.172 e. The average Bonchev–Trinajstić information content (AvgIpc) is 2.36. The molecule has 2 N–H and O–H groups in total. The van der Waals surface area contributed by atoms with Crippen LogP contribution in [0.3, 0.4) is 0 Å². The summed E-state index contributed by atoms with van der Waals surface area (Å²) in [6.07, 6.45) is 3.33. The molecule has 4 nitrogen and oxygen atoms in total. The van der Waals surface area contributed by atoms with E-state index in [1.165, 1.54) is 0 Å². The first-order valence-electron chi connectivity index (χ1n) is 2.97. The maximum absolute atomic E-state index is 7.43. The SMILES string of the molecule is CN(C)C(=N)c1ncc[nH]1. The topological polar surface area (TPSA) is 55.8 Å². The fraction of sp³-hybridized carbons (Fsp3) is 0.333. The van der Waals surface area contributed by atoms with E-state index in [9.17, 15) is 0 Å². The lowest BCUT2D eigenvalue weighted by Gasteiger charge is -2.09. The number of nitrogens with zero attached hydrogens (tertiary/aromatic N) is 2. The monoisotopic (exact) mass is 138 g/mol. The minimum Gasteiger partial charge on any atom is -0.360 e. The molecule has 0 spiro atoms. The molecule has 0 radical (unpaired) electrons. The number of nitrogens with one attached hydrogen (secondary N) is 2. The van der Waals surface area contributed by atoms with Gasteiger partial charge in [0.05, 0.1) is 0 Å². The Bertz CT molecular complexity index is 212. The lowest BCUT2D eigenvalue weighted by atomic mass is 10.5. The molecule has 0 amide bonds. The Balaban J connectivity index is 2.78. The Hall–Kier alpha value is -1.32. The number of hydrogen-bond donors (Lipinski definition) is 2. The highest BCUT2D eigenvalue weighted by atomic mass is 15.1. The van der Waals surface area contributed by atoms with E-state index in [2.05, 4.69) is 9.97 Å². The number of hydrogen-bond acceptors (Lipinski definition) is 2. The largest absolute Gasteiger partial charge is 0.360 e. The third kappa shape index (κ3) is 1.15. The molecule has 1 heterocycles. The van der Waals surface area contributed by atoms with Gasteiger partial charge in [0, 0.05) is 26.5 Å². The average molecular weight is 138 g/mol. The molecule has 0 fully saturated rings. The Morgan fingerprint density at radius 1 is 1.70 bits per heavy atom. The quantitative estimate of drug-likeness (QED) is 0.433. The van der Waals surface area contributed by atoms with Crippen LogP contribution < -0.4 is 0 Å². The molecule has 0 aromatic carbocycles. The molecule has 0 aliphatic carbocycles. The molecule has 54 valence electrons. The summed E-state index contributed by atoms with van der Waals surface area (Å²) in [5.74, 6) is 0.995. The third-order valence-corrected chi connectivity index (χ3v) is 1.17. The Morgan fingerprint density at radius 3 is 2.80 bits per heavy atom. The zero-order valence-electron chi connectivity index (χ0n) is 6.05.